The van der Waals surface area contributed by atoms with E-state index in [9.17, 15) is 4.79 Å². The fourth-order valence-electron chi connectivity index (χ4n) is 2.52. The molecular formula is C16H24N2O. The number of carbonyl (C=O) groups is 1. The Balaban J connectivity index is 2.01. The molecule has 0 spiro atoms. The van der Waals surface area contributed by atoms with Gasteiger partial charge in [0, 0.05) is 19.0 Å². The monoisotopic (exact) mass is 260 g/mol. The molecule has 0 bridgehead atoms. The maximum absolute atomic E-state index is 12.4. The molecule has 1 aliphatic rings. The number of nitrogens with zero attached hydrogens (tertiary/aromatic N) is 1. The van der Waals surface area contributed by atoms with E-state index in [2.05, 4.69) is 24.3 Å². The number of hydrogen-bond donors (Lipinski definition) is 1. The molecule has 0 saturated carbocycles. The van der Waals surface area contributed by atoms with Gasteiger partial charge in [0.25, 0.3) is 0 Å². The highest BCUT2D eigenvalue weighted by Crippen LogP contribution is 2.29. The van der Waals surface area contributed by atoms with Crippen LogP contribution < -0.4 is 5.73 Å². The standard InChI is InChI=1S/C16H24N2O/c1-16(2,3)14(17)15(19)18-10-9-13(11-18)12-7-5-4-6-8-12/h4-8,13-14H,9-11,17H2,1-3H3. The Labute approximate surface area is 115 Å². The van der Waals surface area contributed by atoms with Crippen molar-refractivity contribution in [2.45, 2.75) is 39.2 Å². The number of likely N-dealkylation sites (tertiary alicyclic amines) is 1. The first kappa shape index (κ1) is 14.1. The molecule has 1 aromatic rings. The molecule has 1 aliphatic heterocycles. The Morgan fingerprint density at radius 1 is 1.32 bits per heavy atom. The van der Waals surface area contributed by atoms with Gasteiger partial charge < -0.3 is 10.6 Å². The Morgan fingerprint density at radius 2 is 1.95 bits per heavy atom. The van der Waals surface area contributed by atoms with Gasteiger partial charge in [0.2, 0.25) is 5.91 Å². The summed E-state index contributed by atoms with van der Waals surface area (Å²) in [5.74, 6) is 0.545. The van der Waals surface area contributed by atoms with Crippen molar-refractivity contribution in [2.24, 2.45) is 11.1 Å². The van der Waals surface area contributed by atoms with Gasteiger partial charge in [-0.15, -0.1) is 0 Å². The summed E-state index contributed by atoms with van der Waals surface area (Å²) in [6, 6.07) is 10.0. The summed E-state index contributed by atoms with van der Waals surface area (Å²) in [5, 5.41) is 0. The first-order valence-corrected chi connectivity index (χ1v) is 6.99. The minimum atomic E-state index is -0.415. The van der Waals surface area contributed by atoms with E-state index in [0.29, 0.717) is 5.92 Å². The smallest absolute Gasteiger partial charge is 0.240 e. The van der Waals surface area contributed by atoms with Crippen LogP contribution in [0.4, 0.5) is 0 Å². The summed E-state index contributed by atoms with van der Waals surface area (Å²) in [7, 11) is 0. The van der Waals surface area contributed by atoms with Crippen LogP contribution in [0, 0.1) is 5.41 Å². The van der Waals surface area contributed by atoms with Gasteiger partial charge in [-0.1, -0.05) is 51.1 Å². The van der Waals surface area contributed by atoms with Gasteiger partial charge >= 0.3 is 0 Å². The fraction of sp³-hybridized carbons (Fsp3) is 0.562. The van der Waals surface area contributed by atoms with Gasteiger partial charge in [-0.2, -0.15) is 0 Å². The van der Waals surface area contributed by atoms with E-state index in [-0.39, 0.29) is 11.3 Å². The summed E-state index contributed by atoms with van der Waals surface area (Å²) in [6.45, 7) is 7.66. The maximum atomic E-state index is 12.4. The minimum Gasteiger partial charge on any atom is -0.341 e. The quantitative estimate of drug-likeness (QED) is 0.887. The minimum absolute atomic E-state index is 0.0888. The second-order valence-corrected chi connectivity index (χ2v) is 6.52. The maximum Gasteiger partial charge on any atom is 0.240 e. The van der Waals surface area contributed by atoms with Gasteiger partial charge in [0.15, 0.2) is 0 Å². The lowest BCUT2D eigenvalue weighted by Crippen LogP contribution is -2.49. The van der Waals surface area contributed by atoms with E-state index in [1.54, 1.807) is 0 Å². The molecule has 0 aromatic heterocycles. The number of amides is 1. The highest BCUT2D eigenvalue weighted by molar-refractivity contribution is 5.82. The first-order chi connectivity index (χ1) is 8.89. The van der Waals surface area contributed by atoms with Crippen molar-refractivity contribution >= 4 is 5.91 Å². The lowest BCUT2D eigenvalue weighted by Gasteiger charge is -2.30. The zero-order chi connectivity index (χ0) is 14.0. The van der Waals surface area contributed by atoms with Crippen LogP contribution in [0.1, 0.15) is 38.7 Å². The molecule has 0 aliphatic carbocycles. The second-order valence-electron chi connectivity index (χ2n) is 6.52. The number of benzene rings is 1. The molecular weight excluding hydrogens is 236 g/mol. The van der Waals surface area contributed by atoms with Gasteiger partial charge in [0.05, 0.1) is 6.04 Å². The molecule has 2 atom stereocenters. The van der Waals surface area contributed by atoms with Gasteiger partial charge in [-0.05, 0) is 17.4 Å². The molecule has 19 heavy (non-hydrogen) atoms. The summed E-state index contributed by atoms with van der Waals surface area (Å²) < 4.78 is 0. The van der Waals surface area contributed by atoms with Crippen LogP contribution >= 0.6 is 0 Å². The molecule has 3 nitrogen and oxygen atoms in total. The van der Waals surface area contributed by atoms with Crippen molar-refractivity contribution in [1.82, 2.24) is 4.90 Å². The molecule has 0 radical (unpaired) electrons. The zero-order valence-electron chi connectivity index (χ0n) is 12.1. The molecule has 1 heterocycles. The molecule has 1 amide bonds. The van der Waals surface area contributed by atoms with E-state index in [4.69, 9.17) is 5.73 Å². The van der Waals surface area contributed by atoms with Crippen molar-refractivity contribution in [1.29, 1.82) is 0 Å². The van der Waals surface area contributed by atoms with Crippen LogP contribution in [0.15, 0.2) is 30.3 Å². The van der Waals surface area contributed by atoms with Crippen LogP contribution in [-0.4, -0.2) is 29.9 Å². The largest absolute Gasteiger partial charge is 0.341 e. The molecule has 104 valence electrons. The van der Waals surface area contributed by atoms with E-state index >= 15 is 0 Å². The first-order valence-electron chi connectivity index (χ1n) is 6.99. The third kappa shape index (κ3) is 3.16. The van der Waals surface area contributed by atoms with Crippen LogP contribution in [0.2, 0.25) is 0 Å². The highest BCUT2D eigenvalue weighted by Gasteiger charge is 2.34. The molecule has 2 rings (SSSR count). The second kappa shape index (κ2) is 5.33. The van der Waals surface area contributed by atoms with Gasteiger partial charge in [0.1, 0.15) is 0 Å². The Hall–Kier alpha value is -1.35. The third-order valence-electron chi connectivity index (χ3n) is 3.97. The molecule has 1 aromatic carbocycles. The van der Waals surface area contributed by atoms with Crippen LogP contribution in [0.3, 0.4) is 0 Å². The SMILES string of the molecule is CC(C)(C)C(N)C(=O)N1CCC(c2ccccc2)C1. The van der Waals surface area contributed by atoms with Crippen LogP contribution in [0.5, 0.6) is 0 Å². The van der Waals surface area contributed by atoms with E-state index in [1.807, 2.05) is 31.7 Å². The topological polar surface area (TPSA) is 46.3 Å². The Kier molecular flexibility index (Phi) is 3.95. The van der Waals surface area contributed by atoms with Crippen molar-refractivity contribution in [3.8, 4) is 0 Å². The van der Waals surface area contributed by atoms with Gasteiger partial charge in [-0.25, -0.2) is 0 Å². The average molecular weight is 260 g/mol. The molecule has 1 fully saturated rings. The average Bonchev–Trinajstić information content (AvgIpc) is 2.86. The van der Waals surface area contributed by atoms with Crippen LogP contribution in [0.25, 0.3) is 0 Å². The highest BCUT2D eigenvalue weighted by atomic mass is 16.2. The third-order valence-corrected chi connectivity index (χ3v) is 3.97. The van der Waals surface area contributed by atoms with Crippen molar-refractivity contribution in [3.05, 3.63) is 35.9 Å². The summed E-state index contributed by atoms with van der Waals surface area (Å²) in [4.78, 5) is 14.3. The summed E-state index contributed by atoms with van der Waals surface area (Å²) in [5.41, 5.74) is 7.21. The summed E-state index contributed by atoms with van der Waals surface area (Å²) >= 11 is 0. The summed E-state index contributed by atoms with van der Waals surface area (Å²) in [6.07, 6.45) is 1.03. The van der Waals surface area contributed by atoms with E-state index in [1.165, 1.54) is 5.56 Å². The molecule has 3 heteroatoms. The lowest BCUT2D eigenvalue weighted by molar-refractivity contribution is -0.133. The zero-order valence-corrected chi connectivity index (χ0v) is 12.1. The van der Waals surface area contributed by atoms with Crippen LogP contribution in [-0.2, 0) is 4.79 Å². The normalized spacial score (nSPS) is 21.5. The molecule has 1 saturated heterocycles. The van der Waals surface area contributed by atoms with Gasteiger partial charge in [-0.3, -0.25) is 4.79 Å². The van der Waals surface area contributed by atoms with Crippen molar-refractivity contribution in [3.63, 3.8) is 0 Å². The predicted molar refractivity (Wildman–Crippen MR) is 77.8 cm³/mol. The Bertz CT molecular complexity index is 436. The number of nitrogens with two attached hydrogens (primary N) is 1. The molecule has 2 N–H and O–H groups in total. The van der Waals surface area contributed by atoms with E-state index in [0.717, 1.165) is 19.5 Å². The molecule has 2 unspecified atom stereocenters. The number of hydrogen-bond acceptors (Lipinski definition) is 2. The fourth-order valence-corrected chi connectivity index (χ4v) is 2.52. The van der Waals surface area contributed by atoms with E-state index < -0.39 is 6.04 Å². The number of carbonyl (C=O) groups excluding carboxylic acids is 1. The lowest BCUT2D eigenvalue weighted by atomic mass is 9.86. The van der Waals surface area contributed by atoms with Crippen molar-refractivity contribution < 1.29 is 4.79 Å². The predicted octanol–water partition coefficient (Wildman–Crippen LogP) is 2.38. The number of rotatable bonds is 2. The van der Waals surface area contributed by atoms with Crippen molar-refractivity contribution in [2.75, 3.05) is 13.1 Å². The Morgan fingerprint density at radius 3 is 2.53 bits per heavy atom.